The Balaban J connectivity index is 1.02. The number of methoxy groups -OCH3 is 1. The van der Waals surface area contributed by atoms with Gasteiger partial charge >= 0.3 is 6.09 Å². The maximum atomic E-state index is 14.4. The minimum Gasteiger partial charge on any atom is -0.495 e. The molecule has 0 atom stereocenters. The van der Waals surface area contributed by atoms with Crippen LogP contribution in [0, 0.1) is 24.7 Å². The van der Waals surface area contributed by atoms with Gasteiger partial charge < -0.3 is 23.9 Å². The van der Waals surface area contributed by atoms with Crippen molar-refractivity contribution in [1.29, 1.82) is 0 Å². The molecule has 3 aliphatic carbocycles. The van der Waals surface area contributed by atoms with Crippen molar-refractivity contribution in [3.05, 3.63) is 54.0 Å². The number of anilines is 1. The standard InChI is InChI=1S/C39H51N5O6/c1-24-34(48-4)16-15-32(41-24)26-7-5-25(6-8-26)20-44(35-19-29(17-18-40-35)33-23-49-36(42-33)27-9-10-27)37(45)28-11-13-31(14-12-28)50-38(46)43-21-30(22-43)39(2,3)47/h15-19,23,25-28,30-31,47H,5-14,20-22H2,1-4H3. The Morgan fingerprint density at radius 2 is 1.70 bits per heavy atom. The average molecular weight is 686 g/mol. The van der Waals surface area contributed by atoms with Crippen LogP contribution in [-0.2, 0) is 9.53 Å². The molecule has 1 saturated heterocycles. The maximum absolute atomic E-state index is 14.4. The van der Waals surface area contributed by atoms with Crippen LogP contribution in [0.1, 0.15) is 107 Å². The van der Waals surface area contributed by atoms with Crippen molar-refractivity contribution in [2.75, 3.05) is 31.6 Å². The van der Waals surface area contributed by atoms with Crippen LogP contribution in [-0.4, -0.2) is 75.4 Å². The Bertz CT molecular complexity index is 1660. The number of aryl methyl sites for hydroxylation is 1. The number of carbonyl (C=O) groups is 2. The van der Waals surface area contributed by atoms with Crippen LogP contribution in [0.3, 0.4) is 0 Å². The van der Waals surface area contributed by atoms with Gasteiger partial charge in [0.05, 0.1) is 18.4 Å². The molecule has 11 heteroatoms. The summed E-state index contributed by atoms with van der Waals surface area (Å²) in [7, 11) is 1.67. The van der Waals surface area contributed by atoms with Crippen molar-refractivity contribution in [1.82, 2.24) is 19.9 Å². The van der Waals surface area contributed by atoms with Crippen LogP contribution in [0.5, 0.6) is 5.75 Å². The summed E-state index contributed by atoms with van der Waals surface area (Å²) in [6.45, 7) is 7.16. The number of nitrogens with zero attached hydrogens (tertiary/aromatic N) is 5. The van der Waals surface area contributed by atoms with E-state index in [0.717, 1.165) is 72.8 Å². The Morgan fingerprint density at radius 3 is 2.36 bits per heavy atom. The van der Waals surface area contributed by atoms with Crippen molar-refractivity contribution in [3.63, 3.8) is 0 Å². The summed E-state index contributed by atoms with van der Waals surface area (Å²) < 4.78 is 17.0. The van der Waals surface area contributed by atoms with E-state index in [-0.39, 0.29) is 29.9 Å². The number of amides is 2. The molecule has 4 fully saturated rings. The summed E-state index contributed by atoms with van der Waals surface area (Å²) in [5.41, 5.74) is 2.88. The zero-order chi connectivity index (χ0) is 35.0. The fourth-order valence-corrected chi connectivity index (χ4v) is 7.81. The van der Waals surface area contributed by atoms with Gasteiger partial charge in [0.2, 0.25) is 5.91 Å². The molecule has 11 nitrogen and oxygen atoms in total. The van der Waals surface area contributed by atoms with E-state index >= 15 is 0 Å². The number of oxazole rings is 1. The Labute approximate surface area is 294 Å². The van der Waals surface area contributed by atoms with Gasteiger partial charge in [0.25, 0.3) is 0 Å². The second kappa shape index (κ2) is 14.3. The third kappa shape index (κ3) is 7.67. The summed E-state index contributed by atoms with van der Waals surface area (Å²) in [4.78, 5) is 45.1. The van der Waals surface area contributed by atoms with Crippen molar-refractivity contribution < 1.29 is 28.6 Å². The second-order valence-electron chi connectivity index (χ2n) is 15.6. The molecule has 0 bridgehead atoms. The summed E-state index contributed by atoms with van der Waals surface area (Å²) in [5.74, 6) is 3.37. The van der Waals surface area contributed by atoms with E-state index in [0.29, 0.717) is 68.9 Å². The van der Waals surface area contributed by atoms with Crippen LogP contribution in [0.4, 0.5) is 10.6 Å². The summed E-state index contributed by atoms with van der Waals surface area (Å²) in [5, 5.41) is 10.2. The molecule has 0 aromatic carbocycles. The molecule has 4 heterocycles. The van der Waals surface area contributed by atoms with Gasteiger partial charge in [0.15, 0.2) is 5.89 Å². The van der Waals surface area contributed by atoms with E-state index in [2.05, 4.69) is 6.07 Å². The third-order valence-electron chi connectivity index (χ3n) is 11.4. The SMILES string of the molecule is COc1ccc(C2CCC(CN(C(=O)C3CCC(OC(=O)N4CC(C(C)(C)O)C4)CC3)c3cc(-c4coc(C5CC5)n4)ccn3)CC2)nc1C. The highest BCUT2D eigenvalue weighted by Gasteiger charge is 2.42. The Hall–Kier alpha value is -3.99. The molecule has 3 saturated carbocycles. The van der Waals surface area contributed by atoms with Crippen molar-refractivity contribution in [3.8, 4) is 17.0 Å². The van der Waals surface area contributed by atoms with Crippen LogP contribution >= 0.6 is 0 Å². The van der Waals surface area contributed by atoms with E-state index in [1.807, 2.05) is 30.0 Å². The van der Waals surface area contributed by atoms with Crippen molar-refractivity contribution >= 4 is 17.8 Å². The van der Waals surface area contributed by atoms with Crippen molar-refractivity contribution in [2.24, 2.45) is 17.8 Å². The lowest BCUT2D eigenvalue weighted by Crippen LogP contribution is -2.58. The van der Waals surface area contributed by atoms with Crippen LogP contribution in [0.15, 0.2) is 41.1 Å². The van der Waals surface area contributed by atoms with Gasteiger partial charge in [-0.2, -0.15) is 0 Å². The molecule has 7 rings (SSSR count). The fraction of sp³-hybridized carbons (Fsp3) is 0.615. The van der Waals surface area contributed by atoms with Gasteiger partial charge in [0.1, 0.15) is 29.6 Å². The van der Waals surface area contributed by atoms with Gasteiger partial charge in [-0.05, 0) is 115 Å². The minimum absolute atomic E-state index is 0.0596. The molecule has 50 heavy (non-hydrogen) atoms. The Morgan fingerprint density at radius 1 is 0.980 bits per heavy atom. The smallest absolute Gasteiger partial charge is 0.410 e. The molecule has 1 aliphatic heterocycles. The third-order valence-corrected chi connectivity index (χ3v) is 11.4. The number of likely N-dealkylation sites (tertiary alicyclic amines) is 1. The van der Waals surface area contributed by atoms with Gasteiger partial charge in [-0.3, -0.25) is 14.7 Å². The highest BCUT2D eigenvalue weighted by molar-refractivity contribution is 5.94. The quantitative estimate of drug-likeness (QED) is 0.239. The van der Waals surface area contributed by atoms with Crippen LogP contribution in [0.25, 0.3) is 11.3 Å². The molecule has 2 amide bonds. The number of carbonyl (C=O) groups excluding carboxylic acids is 2. The highest BCUT2D eigenvalue weighted by atomic mass is 16.6. The Kier molecular flexibility index (Phi) is 9.87. The second-order valence-corrected chi connectivity index (χ2v) is 15.6. The predicted octanol–water partition coefficient (Wildman–Crippen LogP) is 7.03. The first-order valence-electron chi connectivity index (χ1n) is 18.5. The largest absolute Gasteiger partial charge is 0.495 e. The molecule has 0 spiro atoms. The number of aliphatic hydroxyl groups is 1. The zero-order valence-corrected chi connectivity index (χ0v) is 29.8. The van der Waals surface area contributed by atoms with Gasteiger partial charge in [0, 0.05) is 60.8 Å². The lowest BCUT2D eigenvalue weighted by Gasteiger charge is -2.45. The first kappa shape index (κ1) is 34.5. The van der Waals surface area contributed by atoms with E-state index in [1.165, 1.54) is 0 Å². The normalized spacial score (nSPS) is 24.4. The van der Waals surface area contributed by atoms with Gasteiger partial charge in [-0.25, -0.2) is 14.8 Å². The molecule has 0 radical (unpaired) electrons. The summed E-state index contributed by atoms with van der Waals surface area (Å²) in [6.07, 6.45) is 11.8. The molecule has 4 aliphatic rings. The molecule has 268 valence electrons. The molecule has 3 aromatic rings. The van der Waals surface area contributed by atoms with Crippen LogP contribution < -0.4 is 9.64 Å². The van der Waals surface area contributed by atoms with Crippen LogP contribution in [0.2, 0.25) is 0 Å². The maximum Gasteiger partial charge on any atom is 0.410 e. The monoisotopic (exact) mass is 685 g/mol. The summed E-state index contributed by atoms with van der Waals surface area (Å²) in [6, 6.07) is 8.00. The van der Waals surface area contributed by atoms with Crippen molar-refractivity contribution in [2.45, 2.75) is 109 Å². The molecular formula is C39H51N5O6. The summed E-state index contributed by atoms with van der Waals surface area (Å²) >= 11 is 0. The van der Waals surface area contributed by atoms with Gasteiger partial charge in [-0.15, -0.1) is 0 Å². The molecule has 3 aromatic heterocycles. The number of pyridine rings is 2. The first-order valence-corrected chi connectivity index (χ1v) is 18.5. The zero-order valence-electron chi connectivity index (χ0n) is 29.8. The predicted molar refractivity (Wildman–Crippen MR) is 188 cm³/mol. The number of rotatable bonds is 10. The minimum atomic E-state index is -0.809. The molecule has 0 unspecified atom stereocenters. The number of ether oxygens (including phenoxy) is 2. The molecule has 1 N–H and O–H groups in total. The number of hydrogen-bond donors (Lipinski definition) is 1. The van der Waals surface area contributed by atoms with E-state index in [1.54, 1.807) is 38.3 Å². The van der Waals surface area contributed by atoms with E-state index in [9.17, 15) is 14.7 Å². The van der Waals surface area contributed by atoms with E-state index < -0.39 is 5.60 Å². The fourth-order valence-electron chi connectivity index (χ4n) is 7.81. The lowest BCUT2D eigenvalue weighted by molar-refractivity contribution is -0.124. The lowest BCUT2D eigenvalue weighted by atomic mass is 9.79. The average Bonchev–Trinajstić information content (AvgIpc) is 3.82. The first-order chi connectivity index (χ1) is 24.1. The highest BCUT2D eigenvalue weighted by Crippen LogP contribution is 2.41. The van der Waals surface area contributed by atoms with E-state index in [4.69, 9.17) is 28.8 Å². The van der Waals surface area contributed by atoms with Gasteiger partial charge in [-0.1, -0.05) is 0 Å². The topological polar surface area (TPSA) is 131 Å². The number of hydrogen-bond acceptors (Lipinski definition) is 9. The number of aromatic nitrogens is 3. The molecular weight excluding hydrogens is 634 g/mol.